The van der Waals surface area contributed by atoms with Crippen molar-refractivity contribution in [3.05, 3.63) is 23.8 Å². The van der Waals surface area contributed by atoms with E-state index in [4.69, 9.17) is 16.3 Å². The van der Waals surface area contributed by atoms with E-state index >= 15 is 0 Å². The molecule has 0 bridgehead atoms. The van der Waals surface area contributed by atoms with Crippen LogP contribution in [0.4, 0.5) is 18.9 Å². The quantitative estimate of drug-likeness (QED) is 0.545. The predicted octanol–water partition coefficient (Wildman–Crippen LogP) is 4.21. The van der Waals surface area contributed by atoms with Crippen LogP contribution in [0.5, 0.6) is 5.75 Å². The second-order valence-corrected chi connectivity index (χ2v) is 4.60. The van der Waals surface area contributed by atoms with Crippen LogP contribution in [-0.4, -0.2) is 32.5 Å². The third kappa shape index (κ3) is 7.43. The molecule has 0 aromatic heterocycles. The highest BCUT2D eigenvalue weighted by Crippen LogP contribution is 2.24. The van der Waals surface area contributed by atoms with E-state index in [1.807, 2.05) is 25.1 Å². The molecular formula is C14H19ClF3NO2. The smallest absolute Gasteiger partial charge is 0.411 e. The van der Waals surface area contributed by atoms with Crippen LogP contribution >= 0.6 is 11.6 Å². The van der Waals surface area contributed by atoms with Gasteiger partial charge in [0.15, 0.2) is 0 Å². The Bertz CT molecular complexity index is 427. The number of rotatable bonds is 9. The molecule has 0 fully saturated rings. The number of halogens is 4. The zero-order valence-electron chi connectivity index (χ0n) is 11.8. The minimum Gasteiger partial charge on any atom is -0.494 e. The minimum atomic E-state index is -4.27. The highest BCUT2D eigenvalue weighted by atomic mass is 35.5. The van der Waals surface area contributed by atoms with Gasteiger partial charge in [-0.25, -0.2) is 0 Å². The lowest BCUT2D eigenvalue weighted by atomic mass is 10.2. The van der Waals surface area contributed by atoms with Gasteiger partial charge in [0, 0.05) is 24.4 Å². The topological polar surface area (TPSA) is 30.5 Å². The Morgan fingerprint density at radius 2 is 2.05 bits per heavy atom. The standard InChI is InChI=1S/C14H19ClF3NO2/c1-2-21-13-5-4-12(8-11(13)9-15)19-6-3-7-20-10-14(16,17)18/h4-5,8,19H,2-3,6-7,9-10H2,1H3. The van der Waals surface area contributed by atoms with Gasteiger partial charge in [-0.15, -0.1) is 11.6 Å². The Hall–Kier alpha value is -1.14. The first-order valence-electron chi connectivity index (χ1n) is 6.66. The van der Waals surface area contributed by atoms with Gasteiger partial charge >= 0.3 is 6.18 Å². The summed E-state index contributed by atoms with van der Waals surface area (Å²) < 4.78 is 45.5. The van der Waals surface area contributed by atoms with Crippen molar-refractivity contribution in [2.24, 2.45) is 0 Å². The number of hydrogen-bond acceptors (Lipinski definition) is 3. The van der Waals surface area contributed by atoms with E-state index in [1.165, 1.54) is 0 Å². The van der Waals surface area contributed by atoms with E-state index in [0.29, 0.717) is 25.5 Å². The molecule has 3 nitrogen and oxygen atoms in total. The van der Waals surface area contributed by atoms with E-state index in [9.17, 15) is 13.2 Å². The Kier molecular flexibility index (Phi) is 7.67. The van der Waals surface area contributed by atoms with E-state index in [2.05, 4.69) is 10.1 Å². The number of nitrogens with one attached hydrogen (secondary N) is 1. The number of hydrogen-bond donors (Lipinski definition) is 1. The summed E-state index contributed by atoms with van der Waals surface area (Å²) in [5.74, 6) is 1.08. The molecule has 0 heterocycles. The van der Waals surface area contributed by atoms with Crippen LogP contribution in [0, 0.1) is 0 Å². The van der Waals surface area contributed by atoms with Gasteiger partial charge in [0.1, 0.15) is 12.4 Å². The molecule has 0 radical (unpaired) electrons. The van der Waals surface area contributed by atoms with Crippen LogP contribution in [-0.2, 0) is 10.6 Å². The third-order valence-corrected chi connectivity index (χ3v) is 2.85. The van der Waals surface area contributed by atoms with Gasteiger partial charge in [0.2, 0.25) is 0 Å². The summed E-state index contributed by atoms with van der Waals surface area (Å²) in [4.78, 5) is 0. The van der Waals surface area contributed by atoms with Gasteiger partial charge in [-0.2, -0.15) is 13.2 Å². The van der Waals surface area contributed by atoms with Crippen LogP contribution in [0.2, 0.25) is 0 Å². The molecule has 0 saturated carbocycles. The molecule has 0 aliphatic heterocycles. The van der Waals surface area contributed by atoms with E-state index < -0.39 is 12.8 Å². The van der Waals surface area contributed by atoms with Crippen molar-refractivity contribution in [2.45, 2.75) is 25.4 Å². The molecule has 0 amide bonds. The maximum absolute atomic E-state index is 11.8. The Morgan fingerprint density at radius 3 is 2.67 bits per heavy atom. The normalized spacial score (nSPS) is 11.5. The van der Waals surface area contributed by atoms with Crippen molar-refractivity contribution >= 4 is 17.3 Å². The molecule has 1 rings (SSSR count). The molecule has 1 aromatic rings. The zero-order chi connectivity index (χ0) is 15.7. The Balaban J connectivity index is 2.32. The Morgan fingerprint density at radius 1 is 1.29 bits per heavy atom. The zero-order valence-corrected chi connectivity index (χ0v) is 12.6. The Labute approximate surface area is 127 Å². The number of ether oxygens (including phenoxy) is 2. The first-order valence-corrected chi connectivity index (χ1v) is 7.19. The molecule has 0 spiro atoms. The first-order chi connectivity index (χ1) is 9.96. The van der Waals surface area contributed by atoms with Gasteiger partial charge in [0.25, 0.3) is 0 Å². The average molecular weight is 326 g/mol. The van der Waals surface area contributed by atoms with Crippen LogP contribution in [0.3, 0.4) is 0 Å². The molecule has 21 heavy (non-hydrogen) atoms. The third-order valence-electron chi connectivity index (χ3n) is 2.56. The van der Waals surface area contributed by atoms with Crippen molar-refractivity contribution in [2.75, 3.05) is 31.7 Å². The lowest BCUT2D eigenvalue weighted by Crippen LogP contribution is -2.18. The van der Waals surface area contributed by atoms with Gasteiger partial charge in [-0.05, 0) is 31.5 Å². The average Bonchev–Trinajstić information content (AvgIpc) is 2.43. The second-order valence-electron chi connectivity index (χ2n) is 4.34. The summed E-state index contributed by atoms with van der Waals surface area (Å²) in [7, 11) is 0. The van der Waals surface area contributed by atoms with Crippen LogP contribution in [0.1, 0.15) is 18.9 Å². The first kappa shape index (κ1) is 17.9. The van der Waals surface area contributed by atoms with E-state index in [-0.39, 0.29) is 6.61 Å². The highest BCUT2D eigenvalue weighted by Gasteiger charge is 2.27. The van der Waals surface area contributed by atoms with Gasteiger partial charge < -0.3 is 14.8 Å². The molecule has 7 heteroatoms. The summed E-state index contributed by atoms with van der Waals surface area (Å²) in [6, 6.07) is 5.54. The van der Waals surface area contributed by atoms with Crippen LogP contribution in [0.25, 0.3) is 0 Å². The molecule has 0 unspecified atom stereocenters. The predicted molar refractivity (Wildman–Crippen MR) is 77.1 cm³/mol. The second kappa shape index (κ2) is 9.00. The molecule has 0 atom stereocenters. The van der Waals surface area contributed by atoms with Crippen molar-refractivity contribution in [3.63, 3.8) is 0 Å². The lowest BCUT2D eigenvalue weighted by molar-refractivity contribution is -0.173. The fraction of sp³-hybridized carbons (Fsp3) is 0.571. The van der Waals surface area contributed by atoms with E-state index in [1.54, 1.807) is 0 Å². The summed E-state index contributed by atoms with van der Waals surface area (Å²) in [5, 5.41) is 3.11. The van der Waals surface area contributed by atoms with Crippen molar-refractivity contribution < 1.29 is 22.6 Å². The van der Waals surface area contributed by atoms with Crippen molar-refractivity contribution in [1.82, 2.24) is 0 Å². The molecule has 120 valence electrons. The maximum Gasteiger partial charge on any atom is 0.411 e. The van der Waals surface area contributed by atoms with E-state index in [0.717, 1.165) is 17.0 Å². The molecule has 0 saturated heterocycles. The fourth-order valence-electron chi connectivity index (χ4n) is 1.69. The fourth-order valence-corrected chi connectivity index (χ4v) is 1.89. The van der Waals surface area contributed by atoms with Crippen molar-refractivity contribution in [3.8, 4) is 5.75 Å². The lowest BCUT2D eigenvalue weighted by Gasteiger charge is -2.12. The summed E-state index contributed by atoms with van der Waals surface area (Å²) >= 11 is 5.85. The molecule has 1 aromatic carbocycles. The molecule has 0 aliphatic carbocycles. The molecule has 1 N–H and O–H groups in total. The van der Waals surface area contributed by atoms with Crippen LogP contribution < -0.4 is 10.1 Å². The minimum absolute atomic E-state index is 0.0614. The SMILES string of the molecule is CCOc1ccc(NCCCOCC(F)(F)F)cc1CCl. The molecular weight excluding hydrogens is 307 g/mol. The largest absolute Gasteiger partial charge is 0.494 e. The monoisotopic (exact) mass is 325 g/mol. The van der Waals surface area contributed by atoms with Crippen LogP contribution in [0.15, 0.2) is 18.2 Å². The molecule has 0 aliphatic rings. The van der Waals surface area contributed by atoms with Gasteiger partial charge in [-0.1, -0.05) is 0 Å². The summed E-state index contributed by atoms with van der Waals surface area (Å²) in [6.07, 6.45) is -3.78. The maximum atomic E-state index is 11.8. The summed E-state index contributed by atoms with van der Waals surface area (Å²) in [6.45, 7) is 1.84. The number of anilines is 1. The number of benzene rings is 1. The number of alkyl halides is 4. The highest BCUT2D eigenvalue weighted by molar-refractivity contribution is 6.17. The van der Waals surface area contributed by atoms with Gasteiger partial charge in [0.05, 0.1) is 12.5 Å². The van der Waals surface area contributed by atoms with Crippen molar-refractivity contribution in [1.29, 1.82) is 0 Å². The van der Waals surface area contributed by atoms with Gasteiger partial charge in [-0.3, -0.25) is 0 Å². The summed E-state index contributed by atoms with van der Waals surface area (Å²) in [5.41, 5.74) is 1.72.